The third-order valence-electron chi connectivity index (χ3n) is 4.33. The molecule has 0 saturated carbocycles. The molecule has 29 heavy (non-hydrogen) atoms. The lowest BCUT2D eigenvalue weighted by atomic mass is 10.1. The van der Waals surface area contributed by atoms with Crippen molar-refractivity contribution >= 4 is 23.6 Å². The summed E-state index contributed by atoms with van der Waals surface area (Å²) < 4.78 is 15.8. The molecule has 9 heteroatoms. The summed E-state index contributed by atoms with van der Waals surface area (Å²) >= 11 is 0. The molecule has 0 spiro atoms. The zero-order chi connectivity index (χ0) is 21.0. The number of carbonyl (C=O) groups excluding carboxylic acids is 2. The van der Waals surface area contributed by atoms with Crippen molar-refractivity contribution in [2.24, 2.45) is 5.73 Å². The molecule has 0 radical (unpaired) electrons. The SMILES string of the molecule is COc1ccc(C(=N)OC(=N)C(=O)N2CC(Oc3ccc(C(N)=O)cc3)C2)cc1. The fourth-order valence-corrected chi connectivity index (χ4v) is 2.66. The van der Waals surface area contributed by atoms with Gasteiger partial charge in [0.15, 0.2) is 0 Å². The Hall–Kier alpha value is -3.88. The fraction of sp³-hybridized carbons (Fsp3) is 0.200. The van der Waals surface area contributed by atoms with Crippen LogP contribution >= 0.6 is 0 Å². The van der Waals surface area contributed by atoms with E-state index in [2.05, 4.69) is 0 Å². The van der Waals surface area contributed by atoms with Gasteiger partial charge in [0.25, 0.3) is 5.90 Å². The number of nitrogens with one attached hydrogen (secondary N) is 2. The molecule has 1 saturated heterocycles. The number of nitrogens with zero attached hydrogens (tertiary/aromatic N) is 1. The smallest absolute Gasteiger partial charge is 0.309 e. The maximum Gasteiger partial charge on any atom is 0.309 e. The highest BCUT2D eigenvalue weighted by atomic mass is 16.5. The Bertz CT molecular complexity index is 934. The van der Waals surface area contributed by atoms with E-state index in [0.29, 0.717) is 22.6 Å². The molecule has 0 atom stereocenters. The van der Waals surface area contributed by atoms with Gasteiger partial charge >= 0.3 is 5.91 Å². The van der Waals surface area contributed by atoms with Crippen LogP contribution < -0.4 is 15.2 Å². The zero-order valence-corrected chi connectivity index (χ0v) is 15.7. The molecule has 150 valence electrons. The van der Waals surface area contributed by atoms with E-state index in [1.54, 1.807) is 48.5 Å². The number of methoxy groups -OCH3 is 1. The summed E-state index contributed by atoms with van der Waals surface area (Å²) in [5.74, 6) is -0.880. The number of carbonyl (C=O) groups is 2. The molecule has 2 amide bonds. The average molecular weight is 396 g/mol. The van der Waals surface area contributed by atoms with E-state index >= 15 is 0 Å². The Balaban J connectivity index is 1.47. The molecule has 0 aliphatic carbocycles. The maximum atomic E-state index is 12.3. The molecule has 1 aliphatic heterocycles. The number of hydrogen-bond donors (Lipinski definition) is 3. The summed E-state index contributed by atoms with van der Waals surface area (Å²) in [6.07, 6.45) is -0.229. The molecular formula is C20H20N4O5. The summed E-state index contributed by atoms with van der Waals surface area (Å²) in [7, 11) is 1.53. The van der Waals surface area contributed by atoms with Crippen LogP contribution in [0.1, 0.15) is 15.9 Å². The van der Waals surface area contributed by atoms with Gasteiger partial charge in [-0.25, -0.2) is 0 Å². The van der Waals surface area contributed by atoms with E-state index in [-0.39, 0.29) is 25.1 Å². The van der Waals surface area contributed by atoms with Crippen LogP contribution in [0, 0.1) is 10.8 Å². The second kappa shape index (κ2) is 8.42. The first-order chi connectivity index (χ1) is 13.9. The van der Waals surface area contributed by atoms with Gasteiger partial charge in [-0.2, -0.15) is 0 Å². The van der Waals surface area contributed by atoms with Crippen molar-refractivity contribution in [3.63, 3.8) is 0 Å². The summed E-state index contributed by atoms with van der Waals surface area (Å²) in [5.41, 5.74) is 6.00. The molecule has 1 aliphatic rings. The predicted molar refractivity (Wildman–Crippen MR) is 105 cm³/mol. The number of ether oxygens (including phenoxy) is 3. The molecule has 2 aromatic rings. The van der Waals surface area contributed by atoms with Crippen molar-refractivity contribution in [1.82, 2.24) is 4.90 Å². The van der Waals surface area contributed by atoms with Crippen molar-refractivity contribution in [2.45, 2.75) is 6.10 Å². The number of hydrogen-bond acceptors (Lipinski definition) is 7. The molecule has 2 aromatic carbocycles. The Morgan fingerprint density at radius 2 is 1.52 bits per heavy atom. The van der Waals surface area contributed by atoms with Crippen LogP contribution in [0.4, 0.5) is 0 Å². The summed E-state index contributed by atoms with van der Waals surface area (Å²) in [6, 6.07) is 12.9. The second-order valence-electron chi connectivity index (χ2n) is 6.33. The van der Waals surface area contributed by atoms with E-state index in [1.807, 2.05) is 0 Å². The van der Waals surface area contributed by atoms with Crippen LogP contribution in [0.5, 0.6) is 11.5 Å². The topological polar surface area (TPSA) is 139 Å². The average Bonchev–Trinajstić information content (AvgIpc) is 2.70. The Labute approximate surface area is 167 Å². The highest BCUT2D eigenvalue weighted by Gasteiger charge is 2.35. The van der Waals surface area contributed by atoms with Crippen LogP contribution in [-0.4, -0.2) is 54.8 Å². The van der Waals surface area contributed by atoms with E-state index in [9.17, 15) is 9.59 Å². The molecule has 9 nitrogen and oxygen atoms in total. The molecule has 4 N–H and O–H groups in total. The Morgan fingerprint density at radius 1 is 0.966 bits per heavy atom. The van der Waals surface area contributed by atoms with E-state index in [4.69, 9.17) is 30.8 Å². The predicted octanol–water partition coefficient (Wildman–Crippen LogP) is 1.40. The van der Waals surface area contributed by atoms with Gasteiger partial charge in [0.1, 0.15) is 17.6 Å². The van der Waals surface area contributed by atoms with Gasteiger partial charge in [-0.15, -0.1) is 0 Å². The Kier molecular flexibility index (Phi) is 5.77. The quantitative estimate of drug-likeness (QED) is 0.518. The standard InChI is InChI=1S/C20H20N4O5/c1-27-14-6-4-13(5-7-14)18(22)29-19(23)20(26)24-10-16(11-24)28-15-8-2-12(3-9-15)17(21)25/h2-9,16,22-23H,10-11H2,1H3,(H2,21,25). The minimum atomic E-state index is -0.630. The number of nitrogens with two attached hydrogens (primary N) is 1. The second-order valence-corrected chi connectivity index (χ2v) is 6.33. The molecule has 1 fully saturated rings. The minimum Gasteiger partial charge on any atom is -0.497 e. The first-order valence-electron chi connectivity index (χ1n) is 8.72. The molecular weight excluding hydrogens is 376 g/mol. The zero-order valence-electron chi connectivity index (χ0n) is 15.7. The van der Waals surface area contributed by atoms with Crippen molar-refractivity contribution in [2.75, 3.05) is 20.2 Å². The monoisotopic (exact) mass is 396 g/mol. The number of likely N-dealkylation sites (tertiary alicyclic amines) is 1. The Morgan fingerprint density at radius 3 is 2.07 bits per heavy atom. The van der Waals surface area contributed by atoms with E-state index < -0.39 is 17.7 Å². The third kappa shape index (κ3) is 4.70. The van der Waals surface area contributed by atoms with Gasteiger partial charge in [-0.05, 0) is 48.5 Å². The fourth-order valence-electron chi connectivity index (χ4n) is 2.66. The molecule has 1 heterocycles. The number of benzene rings is 2. The van der Waals surface area contributed by atoms with Crippen LogP contribution in [0.25, 0.3) is 0 Å². The van der Waals surface area contributed by atoms with E-state index in [1.165, 1.54) is 12.0 Å². The molecule has 0 aromatic heterocycles. The summed E-state index contributed by atoms with van der Waals surface area (Å²) in [5, 5.41) is 15.7. The van der Waals surface area contributed by atoms with Gasteiger partial charge < -0.3 is 24.8 Å². The lowest BCUT2D eigenvalue weighted by Gasteiger charge is -2.38. The van der Waals surface area contributed by atoms with Crippen LogP contribution in [0.15, 0.2) is 48.5 Å². The first kappa shape index (κ1) is 19.9. The maximum absolute atomic E-state index is 12.3. The highest BCUT2D eigenvalue weighted by molar-refractivity contribution is 6.36. The summed E-state index contributed by atoms with van der Waals surface area (Å²) in [4.78, 5) is 24.7. The van der Waals surface area contributed by atoms with Crippen molar-refractivity contribution in [3.8, 4) is 11.5 Å². The van der Waals surface area contributed by atoms with Crippen molar-refractivity contribution < 1.29 is 23.8 Å². The van der Waals surface area contributed by atoms with Crippen molar-refractivity contribution in [1.29, 1.82) is 10.8 Å². The van der Waals surface area contributed by atoms with Gasteiger partial charge in [0, 0.05) is 11.1 Å². The van der Waals surface area contributed by atoms with Crippen LogP contribution in [-0.2, 0) is 9.53 Å². The lowest BCUT2D eigenvalue weighted by Crippen LogP contribution is -2.58. The third-order valence-corrected chi connectivity index (χ3v) is 4.33. The largest absolute Gasteiger partial charge is 0.497 e. The summed E-state index contributed by atoms with van der Waals surface area (Å²) in [6.45, 7) is 0.579. The number of primary amides is 1. The highest BCUT2D eigenvalue weighted by Crippen LogP contribution is 2.19. The number of rotatable bonds is 5. The van der Waals surface area contributed by atoms with Gasteiger partial charge in [-0.3, -0.25) is 20.4 Å². The lowest BCUT2D eigenvalue weighted by molar-refractivity contribution is -0.133. The molecule has 0 bridgehead atoms. The van der Waals surface area contributed by atoms with E-state index in [0.717, 1.165) is 0 Å². The van der Waals surface area contributed by atoms with Crippen molar-refractivity contribution in [3.05, 3.63) is 59.7 Å². The molecule has 3 rings (SSSR count). The van der Waals surface area contributed by atoms with Crippen LogP contribution in [0.3, 0.4) is 0 Å². The first-order valence-corrected chi connectivity index (χ1v) is 8.72. The normalized spacial score (nSPS) is 13.2. The molecule has 0 unspecified atom stereocenters. The number of amides is 2. The van der Waals surface area contributed by atoms with Gasteiger partial charge in [0.2, 0.25) is 11.8 Å². The minimum absolute atomic E-state index is 0.229. The van der Waals surface area contributed by atoms with Crippen LogP contribution in [0.2, 0.25) is 0 Å². The van der Waals surface area contributed by atoms with Gasteiger partial charge in [-0.1, -0.05) is 0 Å². The van der Waals surface area contributed by atoms with Gasteiger partial charge in [0.05, 0.1) is 20.2 Å².